The molecule has 5 nitrogen and oxygen atoms in total. The molecule has 0 aliphatic heterocycles. The van der Waals surface area contributed by atoms with Crippen molar-refractivity contribution in [2.24, 2.45) is 0 Å². The van der Waals surface area contributed by atoms with E-state index in [1.807, 2.05) is 49.6 Å². The molecule has 3 aromatic rings. The summed E-state index contributed by atoms with van der Waals surface area (Å²) in [6, 6.07) is 12.0. The molecule has 3 rings (SSSR count). The Morgan fingerprint density at radius 1 is 1.12 bits per heavy atom. The lowest BCUT2D eigenvalue weighted by Gasteiger charge is -2.13. The first-order valence-electron chi connectivity index (χ1n) is 7.86. The van der Waals surface area contributed by atoms with Crippen molar-refractivity contribution in [1.82, 2.24) is 15.2 Å². The highest BCUT2D eigenvalue weighted by Crippen LogP contribution is 2.33. The van der Waals surface area contributed by atoms with Crippen LogP contribution in [0.4, 0.5) is 5.82 Å². The SMILES string of the molecule is COc1ccc(-c2nc(C)c(C(C)Nc3ccc(SC)nn3)s2)cc1. The first-order chi connectivity index (χ1) is 12.1. The van der Waals surface area contributed by atoms with Crippen LogP contribution in [0.1, 0.15) is 23.5 Å². The molecule has 1 N–H and O–H groups in total. The third-order valence-electron chi connectivity index (χ3n) is 3.78. The molecule has 0 aliphatic rings. The fraction of sp³-hybridized carbons (Fsp3) is 0.278. The second kappa shape index (κ2) is 7.84. The third-order valence-corrected chi connectivity index (χ3v) is 5.80. The van der Waals surface area contributed by atoms with Crippen molar-refractivity contribution in [3.05, 3.63) is 47.0 Å². The largest absolute Gasteiger partial charge is 0.497 e. The van der Waals surface area contributed by atoms with Crippen molar-refractivity contribution in [2.45, 2.75) is 24.9 Å². The standard InChI is InChI=1S/C18H20N4OS2/c1-11(19-15-9-10-16(24-4)22-21-15)17-12(2)20-18(25-17)13-5-7-14(23-3)8-6-13/h5-11H,1-4H3,(H,19,21). The average Bonchev–Trinajstić information content (AvgIpc) is 3.04. The molecule has 0 radical (unpaired) electrons. The minimum atomic E-state index is 0.110. The Morgan fingerprint density at radius 3 is 2.48 bits per heavy atom. The molecular formula is C18H20N4OS2. The smallest absolute Gasteiger partial charge is 0.149 e. The maximum Gasteiger partial charge on any atom is 0.149 e. The van der Waals surface area contributed by atoms with Crippen LogP contribution in [-0.2, 0) is 0 Å². The van der Waals surface area contributed by atoms with Gasteiger partial charge < -0.3 is 10.1 Å². The Balaban J connectivity index is 1.78. The summed E-state index contributed by atoms with van der Waals surface area (Å²) < 4.78 is 5.21. The van der Waals surface area contributed by atoms with Crippen LogP contribution in [0.5, 0.6) is 5.75 Å². The number of hydrogen-bond donors (Lipinski definition) is 1. The van der Waals surface area contributed by atoms with E-state index in [1.165, 1.54) is 4.88 Å². The van der Waals surface area contributed by atoms with Gasteiger partial charge in [0.15, 0.2) is 0 Å². The first-order valence-corrected chi connectivity index (χ1v) is 9.91. The zero-order chi connectivity index (χ0) is 17.8. The van der Waals surface area contributed by atoms with Crippen molar-refractivity contribution < 1.29 is 4.74 Å². The van der Waals surface area contributed by atoms with E-state index in [1.54, 1.807) is 30.2 Å². The van der Waals surface area contributed by atoms with E-state index in [0.717, 1.165) is 32.9 Å². The third kappa shape index (κ3) is 4.11. The van der Waals surface area contributed by atoms with Gasteiger partial charge in [-0.15, -0.1) is 33.3 Å². The number of hydrogen-bond acceptors (Lipinski definition) is 7. The van der Waals surface area contributed by atoms with E-state index in [0.29, 0.717) is 0 Å². The number of ether oxygens (including phenoxy) is 1. The van der Waals surface area contributed by atoms with Gasteiger partial charge in [-0.25, -0.2) is 4.98 Å². The minimum absolute atomic E-state index is 0.110. The van der Waals surface area contributed by atoms with Gasteiger partial charge in [0.2, 0.25) is 0 Å². The number of rotatable bonds is 6. The molecule has 2 heterocycles. The van der Waals surface area contributed by atoms with Gasteiger partial charge in [-0.3, -0.25) is 0 Å². The molecule has 0 fully saturated rings. The molecule has 0 bridgehead atoms. The molecule has 0 amide bonds. The summed E-state index contributed by atoms with van der Waals surface area (Å²) >= 11 is 3.27. The summed E-state index contributed by atoms with van der Waals surface area (Å²) in [7, 11) is 1.67. The molecule has 1 unspecified atom stereocenters. The Hall–Kier alpha value is -2.12. The van der Waals surface area contributed by atoms with Crippen LogP contribution >= 0.6 is 23.1 Å². The van der Waals surface area contributed by atoms with Gasteiger partial charge in [0.25, 0.3) is 0 Å². The second-order valence-corrected chi connectivity index (χ2v) is 7.38. The van der Waals surface area contributed by atoms with Gasteiger partial charge in [-0.1, -0.05) is 0 Å². The van der Waals surface area contributed by atoms with Crippen LogP contribution in [0.2, 0.25) is 0 Å². The fourth-order valence-electron chi connectivity index (χ4n) is 2.46. The van der Waals surface area contributed by atoms with E-state index < -0.39 is 0 Å². The Labute approximate surface area is 155 Å². The van der Waals surface area contributed by atoms with Crippen LogP contribution < -0.4 is 10.1 Å². The normalized spacial score (nSPS) is 12.0. The quantitative estimate of drug-likeness (QED) is 0.627. The topological polar surface area (TPSA) is 59.9 Å². The molecule has 0 saturated heterocycles. The predicted molar refractivity (Wildman–Crippen MR) is 105 cm³/mol. The van der Waals surface area contributed by atoms with Crippen molar-refractivity contribution in [2.75, 3.05) is 18.7 Å². The van der Waals surface area contributed by atoms with Crippen LogP contribution in [0.3, 0.4) is 0 Å². The van der Waals surface area contributed by atoms with Crippen LogP contribution in [-0.4, -0.2) is 28.5 Å². The zero-order valence-corrected chi connectivity index (χ0v) is 16.2. The van der Waals surface area contributed by atoms with E-state index in [2.05, 4.69) is 22.4 Å². The molecule has 0 saturated carbocycles. The molecule has 0 spiro atoms. The van der Waals surface area contributed by atoms with Crippen molar-refractivity contribution >= 4 is 28.9 Å². The second-order valence-electron chi connectivity index (χ2n) is 5.52. The predicted octanol–water partition coefficient (Wildman–Crippen LogP) is 4.81. The van der Waals surface area contributed by atoms with Gasteiger partial charge in [0.05, 0.1) is 18.8 Å². The summed E-state index contributed by atoms with van der Waals surface area (Å²) in [5.74, 6) is 1.61. The summed E-state index contributed by atoms with van der Waals surface area (Å²) in [5.41, 5.74) is 2.13. The maximum atomic E-state index is 5.21. The summed E-state index contributed by atoms with van der Waals surface area (Å²) in [5, 5.41) is 13.7. The Morgan fingerprint density at radius 2 is 1.88 bits per heavy atom. The monoisotopic (exact) mass is 372 g/mol. The summed E-state index contributed by atoms with van der Waals surface area (Å²) in [6.07, 6.45) is 1.99. The average molecular weight is 373 g/mol. The highest BCUT2D eigenvalue weighted by atomic mass is 32.2. The van der Waals surface area contributed by atoms with E-state index in [9.17, 15) is 0 Å². The Kier molecular flexibility index (Phi) is 5.55. The molecule has 2 aromatic heterocycles. The van der Waals surface area contributed by atoms with Crippen molar-refractivity contribution in [3.8, 4) is 16.3 Å². The minimum Gasteiger partial charge on any atom is -0.497 e. The zero-order valence-electron chi connectivity index (χ0n) is 14.6. The van der Waals surface area contributed by atoms with Crippen LogP contribution in [0.25, 0.3) is 10.6 Å². The molecule has 0 aliphatic carbocycles. The number of thioether (sulfide) groups is 1. The number of aromatic nitrogens is 3. The number of methoxy groups -OCH3 is 1. The molecule has 130 valence electrons. The van der Waals surface area contributed by atoms with E-state index in [-0.39, 0.29) is 6.04 Å². The summed E-state index contributed by atoms with van der Waals surface area (Å²) in [6.45, 7) is 4.15. The maximum absolute atomic E-state index is 5.21. The molecule has 1 aromatic carbocycles. The number of anilines is 1. The van der Waals surface area contributed by atoms with Crippen LogP contribution in [0, 0.1) is 6.92 Å². The molecule has 1 atom stereocenters. The van der Waals surface area contributed by atoms with Gasteiger partial charge in [0, 0.05) is 10.4 Å². The van der Waals surface area contributed by atoms with Crippen molar-refractivity contribution in [1.29, 1.82) is 0 Å². The van der Waals surface area contributed by atoms with Gasteiger partial charge in [0.1, 0.15) is 21.6 Å². The van der Waals surface area contributed by atoms with E-state index >= 15 is 0 Å². The lowest BCUT2D eigenvalue weighted by Crippen LogP contribution is -2.08. The summed E-state index contributed by atoms with van der Waals surface area (Å²) in [4.78, 5) is 5.92. The van der Waals surface area contributed by atoms with Gasteiger partial charge in [-0.05, 0) is 56.5 Å². The molecular weight excluding hydrogens is 352 g/mol. The number of thiazole rings is 1. The number of aryl methyl sites for hydroxylation is 1. The molecule has 7 heteroatoms. The lowest BCUT2D eigenvalue weighted by atomic mass is 10.2. The number of benzene rings is 1. The lowest BCUT2D eigenvalue weighted by molar-refractivity contribution is 0.415. The fourth-order valence-corrected chi connectivity index (χ4v) is 3.86. The highest BCUT2D eigenvalue weighted by molar-refractivity contribution is 7.98. The van der Waals surface area contributed by atoms with Crippen LogP contribution in [0.15, 0.2) is 41.4 Å². The van der Waals surface area contributed by atoms with E-state index in [4.69, 9.17) is 9.72 Å². The first kappa shape index (κ1) is 17.7. The number of nitrogens with zero attached hydrogens (tertiary/aromatic N) is 3. The number of nitrogens with one attached hydrogen (secondary N) is 1. The van der Waals surface area contributed by atoms with Crippen molar-refractivity contribution in [3.63, 3.8) is 0 Å². The Bertz CT molecular complexity index is 831. The van der Waals surface area contributed by atoms with Gasteiger partial charge in [-0.2, -0.15) is 0 Å². The molecule has 25 heavy (non-hydrogen) atoms. The highest BCUT2D eigenvalue weighted by Gasteiger charge is 2.16. The van der Waals surface area contributed by atoms with Gasteiger partial charge >= 0.3 is 0 Å².